The molecular formula is C12H12FN3O2S. The maximum atomic E-state index is 13.4. The average molecular weight is 281 g/mol. The topological polar surface area (TPSA) is 72.0 Å². The van der Waals surface area contributed by atoms with Crippen LogP contribution in [0.25, 0.3) is 0 Å². The minimum Gasteiger partial charge on any atom is -0.261 e. The van der Waals surface area contributed by atoms with Gasteiger partial charge in [-0.05, 0) is 30.7 Å². The molecule has 2 aromatic heterocycles. The third-order valence-corrected chi connectivity index (χ3v) is 3.75. The Hall–Kier alpha value is -1.86. The lowest BCUT2D eigenvalue weighted by atomic mass is 10.2. The van der Waals surface area contributed by atoms with Crippen molar-refractivity contribution in [3.8, 4) is 0 Å². The first-order valence-electron chi connectivity index (χ1n) is 5.51. The molecule has 0 aliphatic rings. The molecule has 100 valence electrons. The maximum Gasteiger partial charge on any atom is 0.261 e. The van der Waals surface area contributed by atoms with Gasteiger partial charge in [-0.25, -0.2) is 22.5 Å². The van der Waals surface area contributed by atoms with Crippen molar-refractivity contribution in [2.24, 2.45) is 0 Å². The molecule has 0 fully saturated rings. The Morgan fingerprint density at radius 2 is 2.05 bits per heavy atom. The van der Waals surface area contributed by atoms with Gasteiger partial charge in [-0.2, -0.15) is 0 Å². The lowest BCUT2D eigenvalue weighted by Gasteiger charge is -2.06. The van der Waals surface area contributed by atoms with E-state index in [1.807, 2.05) is 6.92 Å². The number of hydrogen-bond donors (Lipinski definition) is 1. The van der Waals surface area contributed by atoms with Crippen LogP contribution in [0.1, 0.15) is 11.3 Å². The van der Waals surface area contributed by atoms with Crippen LogP contribution in [0.3, 0.4) is 0 Å². The van der Waals surface area contributed by atoms with E-state index in [1.165, 1.54) is 12.3 Å². The maximum absolute atomic E-state index is 13.4. The van der Waals surface area contributed by atoms with Crippen molar-refractivity contribution in [1.29, 1.82) is 0 Å². The van der Waals surface area contributed by atoms with Gasteiger partial charge in [-0.1, -0.05) is 6.07 Å². The van der Waals surface area contributed by atoms with Crippen LogP contribution in [0.5, 0.6) is 0 Å². The Balaban J connectivity index is 2.14. The molecule has 5 nitrogen and oxygen atoms in total. The van der Waals surface area contributed by atoms with Gasteiger partial charge in [0.25, 0.3) is 10.0 Å². The van der Waals surface area contributed by atoms with E-state index in [-0.39, 0.29) is 6.54 Å². The van der Waals surface area contributed by atoms with Gasteiger partial charge in [0.1, 0.15) is 0 Å². The van der Waals surface area contributed by atoms with Crippen LogP contribution in [0, 0.1) is 12.7 Å². The molecule has 0 radical (unpaired) electrons. The SMILES string of the molecule is Cc1ccc(CNS(=O)(=O)c2ncccc2F)cn1. The number of nitrogens with zero attached hydrogens (tertiary/aromatic N) is 2. The Kier molecular flexibility index (Phi) is 3.87. The zero-order valence-corrected chi connectivity index (χ0v) is 11.0. The first-order valence-corrected chi connectivity index (χ1v) is 6.99. The van der Waals surface area contributed by atoms with E-state index < -0.39 is 20.9 Å². The molecule has 7 heteroatoms. The van der Waals surface area contributed by atoms with Crippen LogP contribution < -0.4 is 4.72 Å². The van der Waals surface area contributed by atoms with Gasteiger partial charge in [0, 0.05) is 24.6 Å². The summed E-state index contributed by atoms with van der Waals surface area (Å²) >= 11 is 0. The molecule has 2 heterocycles. The first-order chi connectivity index (χ1) is 8.99. The summed E-state index contributed by atoms with van der Waals surface area (Å²) in [5.41, 5.74) is 1.52. The van der Waals surface area contributed by atoms with E-state index in [1.54, 1.807) is 18.3 Å². The summed E-state index contributed by atoms with van der Waals surface area (Å²) in [6.07, 6.45) is 2.79. The highest BCUT2D eigenvalue weighted by Crippen LogP contribution is 2.10. The molecule has 0 bridgehead atoms. The van der Waals surface area contributed by atoms with E-state index in [2.05, 4.69) is 14.7 Å². The first kappa shape index (κ1) is 13.6. The Morgan fingerprint density at radius 3 is 2.68 bits per heavy atom. The summed E-state index contributed by atoms with van der Waals surface area (Å²) in [5, 5.41) is -0.602. The lowest BCUT2D eigenvalue weighted by molar-refractivity contribution is 0.544. The molecule has 0 spiro atoms. The minimum atomic E-state index is -3.96. The van der Waals surface area contributed by atoms with E-state index in [0.717, 1.165) is 11.8 Å². The number of hydrogen-bond acceptors (Lipinski definition) is 4. The summed E-state index contributed by atoms with van der Waals surface area (Å²) in [6.45, 7) is 1.86. The summed E-state index contributed by atoms with van der Waals surface area (Å²) in [4.78, 5) is 7.58. The van der Waals surface area contributed by atoms with Crippen molar-refractivity contribution in [3.63, 3.8) is 0 Å². The fourth-order valence-electron chi connectivity index (χ4n) is 1.42. The van der Waals surface area contributed by atoms with Gasteiger partial charge in [0.15, 0.2) is 5.82 Å². The Labute approximate surface area is 110 Å². The molecule has 0 atom stereocenters. The second kappa shape index (κ2) is 5.41. The third kappa shape index (κ3) is 3.33. The van der Waals surface area contributed by atoms with Gasteiger partial charge in [0.05, 0.1) is 0 Å². The van der Waals surface area contributed by atoms with Gasteiger partial charge in [-0.3, -0.25) is 4.98 Å². The zero-order valence-electron chi connectivity index (χ0n) is 10.2. The molecular weight excluding hydrogens is 269 g/mol. The van der Waals surface area contributed by atoms with Crippen LogP contribution in [-0.4, -0.2) is 18.4 Å². The van der Waals surface area contributed by atoms with Gasteiger partial charge in [-0.15, -0.1) is 0 Å². The van der Waals surface area contributed by atoms with Gasteiger partial charge < -0.3 is 0 Å². The highest BCUT2D eigenvalue weighted by molar-refractivity contribution is 7.89. The number of pyridine rings is 2. The van der Waals surface area contributed by atoms with Crippen LogP contribution in [0.15, 0.2) is 41.7 Å². The molecule has 2 rings (SSSR count). The smallest absolute Gasteiger partial charge is 0.261 e. The highest BCUT2D eigenvalue weighted by atomic mass is 32.2. The third-order valence-electron chi connectivity index (χ3n) is 2.42. The number of aromatic nitrogens is 2. The van der Waals surface area contributed by atoms with Gasteiger partial charge in [0.2, 0.25) is 5.03 Å². The number of halogens is 1. The van der Waals surface area contributed by atoms with Crippen LogP contribution in [0.2, 0.25) is 0 Å². The Morgan fingerprint density at radius 1 is 1.26 bits per heavy atom. The normalized spacial score (nSPS) is 11.5. The minimum absolute atomic E-state index is 0.0334. The molecule has 0 aliphatic carbocycles. The van der Waals surface area contributed by atoms with Gasteiger partial charge >= 0.3 is 0 Å². The molecule has 0 unspecified atom stereocenters. The van der Waals surface area contributed by atoms with Crippen LogP contribution in [-0.2, 0) is 16.6 Å². The van der Waals surface area contributed by atoms with Crippen molar-refractivity contribution in [2.45, 2.75) is 18.5 Å². The predicted octanol–water partition coefficient (Wildman–Crippen LogP) is 1.40. The second-order valence-electron chi connectivity index (χ2n) is 3.92. The summed E-state index contributed by atoms with van der Waals surface area (Å²) in [6, 6.07) is 5.90. The van der Waals surface area contributed by atoms with E-state index in [0.29, 0.717) is 5.56 Å². The molecule has 1 N–H and O–H groups in total. The van der Waals surface area contributed by atoms with Crippen LogP contribution >= 0.6 is 0 Å². The summed E-state index contributed by atoms with van der Waals surface area (Å²) in [7, 11) is -3.96. The van der Waals surface area contributed by atoms with E-state index in [4.69, 9.17) is 0 Å². The fraction of sp³-hybridized carbons (Fsp3) is 0.167. The molecule has 19 heavy (non-hydrogen) atoms. The number of aryl methyl sites for hydroxylation is 1. The fourth-order valence-corrected chi connectivity index (χ4v) is 2.44. The second-order valence-corrected chi connectivity index (χ2v) is 5.61. The monoisotopic (exact) mass is 281 g/mol. The summed E-state index contributed by atoms with van der Waals surface area (Å²) in [5.74, 6) is -0.878. The number of rotatable bonds is 4. The van der Waals surface area contributed by atoms with Crippen molar-refractivity contribution in [1.82, 2.24) is 14.7 Å². The van der Waals surface area contributed by atoms with Crippen LogP contribution in [0.4, 0.5) is 4.39 Å². The van der Waals surface area contributed by atoms with E-state index in [9.17, 15) is 12.8 Å². The standard InChI is InChI=1S/C12H12FN3O2S/c1-9-4-5-10(7-15-9)8-16-19(17,18)12-11(13)3-2-6-14-12/h2-7,16H,8H2,1H3. The number of nitrogens with one attached hydrogen (secondary N) is 1. The largest absolute Gasteiger partial charge is 0.261 e. The quantitative estimate of drug-likeness (QED) is 0.919. The van der Waals surface area contributed by atoms with Crippen molar-refractivity contribution >= 4 is 10.0 Å². The lowest BCUT2D eigenvalue weighted by Crippen LogP contribution is -2.25. The molecule has 0 saturated heterocycles. The highest BCUT2D eigenvalue weighted by Gasteiger charge is 2.19. The average Bonchev–Trinajstić information content (AvgIpc) is 2.38. The Bertz CT molecular complexity index is 672. The summed E-state index contributed by atoms with van der Waals surface area (Å²) < 4.78 is 39.4. The van der Waals surface area contributed by atoms with Crippen molar-refractivity contribution < 1.29 is 12.8 Å². The zero-order chi connectivity index (χ0) is 13.9. The van der Waals surface area contributed by atoms with Crippen molar-refractivity contribution in [2.75, 3.05) is 0 Å². The molecule has 2 aromatic rings. The van der Waals surface area contributed by atoms with Crippen molar-refractivity contribution in [3.05, 3.63) is 53.7 Å². The molecule has 0 saturated carbocycles. The molecule has 0 aliphatic heterocycles. The van der Waals surface area contributed by atoms with E-state index >= 15 is 0 Å². The number of sulfonamides is 1. The molecule has 0 amide bonds. The molecule has 0 aromatic carbocycles. The predicted molar refractivity (Wildman–Crippen MR) is 67.2 cm³/mol.